The average Bonchev–Trinajstić information content (AvgIpc) is 2.25. The van der Waals surface area contributed by atoms with Gasteiger partial charge in [0.05, 0.1) is 0 Å². The highest BCUT2D eigenvalue weighted by Crippen LogP contribution is 2.28. The number of hydrogen-bond donors (Lipinski definition) is 0. The van der Waals surface area contributed by atoms with E-state index in [4.69, 9.17) is 20.0 Å². The van der Waals surface area contributed by atoms with Crippen LogP contribution in [-0.2, 0) is 9.47 Å². The lowest BCUT2D eigenvalue weighted by atomic mass is 9.83. The van der Waals surface area contributed by atoms with Gasteiger partial charge in [-0.2, -0.15) is 10.5 Å². The molecule has 14 heavy (non-hydrogen) atoms. The van der Waals surface area contributed by atoms with Crippen molar-refractivity contribution in [1.29, 1.82) is 10.5 Å². The summed E-state index contributed by atoms with van der Waals surface area (Å²) in [5, 5.41) is 16.5. The molecular weight excluding hydrogens is 180 g/mol. The van der Waals surface area contributed by atoms with Crippen molar-refractivity contribution < 1.29 is 9.47 Å². The molecule has 0 bridgehead atoms. The van der Waals surface area contributed by atoms with Gasteiger partial charge in [0.2, 0.25) is 0 Å². The van der Waals surface area contributed by atoms with E-state index in [1.54, 1.807) is 12.5 Å². The first-order valence-corrected chi connectivity index (χ1v) is 4.88. The van der Waals surface area contributed by atoms with Crippen LogP contribution in [0, 0.1) is 34.9 Å². The molecule has 0 atom stereocenters. The molecular formula is C10H14N2O2. The van der Waals surface area contributed by atoms with Crippen LogP contribution in [0.3, 0.4) is 0 Å². The molecule has 0 heterocycles. The third-order valence-electron chi connectivity index (χ3n) is 2.73. The zero-order valence-electron chi connectivity index (χ0n) is 8.11. The van der Waals surface area contributed by atoms with Gasteiger partial charge in [-0.1, -0.05) is 0 Å². The zero-order chi connectivity index (χ0) is 10.2. The van der Waals surface area contributed by atoms with Crippen molar-refractivity contribution in [3.63, 3.8) is 0 Å². The van der Waals surface area contributed by atoms with Crippen LogP contribution in [0.25, 0.3) is 0 Å². The van der Waals surface area contributed by atoms with Gasteiger partial charge >= 0.3 is 0 Å². The summed E-state index contributed by atoms with van der Waals surface area (Å²) in [6.45, 7) is 1.09. The van der Waals surface area contributed by atoms with Crippen LogP contribution in [0.15, 0.2) is 0 Å². The number of nitrogens with zero attached hydrogens (tertiary/aromatic N) is 2. The first-order valence-electron chi connectivity index (χ1n) is 4.88. The van der Waals surface area contributed by atoms with E-state index >= 15 is 0 Å². The lowest BCUT2D eigenvalue weighted by Crippen LogP contribution is -2.20. The molecule has 0 N–H and O–H groups in total. The molecule has 76 valence electrons. The fourth-order valence-electron chi connectivity index (χ4n) is 1.88. The second-order valence-electron chi connectivity index (χ2n) is 3.69. The molecule has 0 aliphatic heterocycles. The molecule has 1 aliphatic rings. The fraction of sp³-hybridized carbons (Fsp3) is 0.800. The molecule has 4 heteroatoms. The van der Waals surface area contributed by atoms with Crippen LogP contribution >= 0.6 is 0 Å². The number of ether oxygens (including phenoxy) is 2. The Balaban J connectivity index is 2.12. The van der Waals surface area contributed by atoms with Crippen LogP contribution in [-0.4, -0.2) is 13.2 Å². The molecule has 4 nitrogen and oxygen atoms in total. The highest BCUT2D eigenvalue weighted by molar-refractivity contribution is 4.73. The van der Waals surface area contributed by atoms with Gasteiger partial charge in [0, 0.05) is 0 Å². The number of rotatable bonds is 4. The van der Waals surface area contributed by atoms with Gasteiger partial charge in [-0.05, 0) is 37.5 Å². The first-order chi connectivity index (χ1) is 6.86. The molecule has 1 fully saturated rings. The summed E-state index contributed by atoms with van der Waals surface area (Å²) in [5.41, 5.74) is 0. The summed E-state index contributed by atoms with van der Waals surface area (Å²) < 4.78 is 9.42. The Hall–Kier alpha value is -1.42. The minimum Gasteiger partial charge on any atom is -0.427 e. The standard InChI is InChI=1S/C10H14N2O2/c11-7-13-5-9-1-2-10(4-3-9)6-14-8-12/h9-10H,1-6H2/t9-,10-. The minimum absolute atomic E-state index is 0.507. The lowest BCUT2D eigenvalue weighted by molar-refractivity contribution is 0.124. The summed E-state index contributed by atoms with van der Waals surface area (Å²) in [7, 11) is 0. The molecule has 0 aromatic rings. The van der Waals surface area contributed by atoms with Crippen molar-refractivity contribution in [2.45, 2.75) is 25.7 Å². The van der Waals surface area contributed by atoms with E-state index in [2.05, 4.69) is 0 Å². The van der Waals surface area contributed by atoms with Gasteiger partial charge in [0.25, 0.3) is 12.5 Å². The molecule has 0 aromatic carbocycles. The van der Waals surface area contributed by atoms with E-state index < -0.39 is 0 Å². The summed E-state index contributed by atoms with van der Waals surface area (Å²) >= 11 is 0. The van der Waals surface area contributed by atoms with Gasteiger partial charge in [-0.25, -0.2) is 0 Å². The third kappa shape index (κ3) is 3.53. The molecule has 0 amide bonds. The fourth-order valence-corrected chi connectivity index (χ4v) is 1.88. The molecule has 0 unspecified atom stereocenters. The van der Waals surface area contributed by atoms with Gasteiger partial charge in [0.15, 0.2) is 0 Å². The highest BCUT2D eigenvalue weighted by atomic mass is 16.5. The van der Waals surface area contributed by atoms with E-state index in [0.717, 1.165) is 25.7 Å². The highest BCUT2D eigenvalue weighted by Gasteiger charge is 2.21. The Morgan fingerprint density at radius 2 is 1.21 bits per heavy atom. The van der Waals surface area contributed by atoms with Crippen LogP contribution in [0.1, 0.15) is 25.7 Å². The van der Waals surface area contributed by atoms with Gasteiger partial charge in [-0.3, -0.25) is 0 Å². The maximum Gasteiger partial charge on any atom is 0.286 e. The maximum absolute atomic E-state index is 8.24. The number of hydrogen-bond acceptors (Lipinski definition) is 4. The van der Waals surface area contributed by atoms with Crippen LogP contribution in [0.2, 0.25) is 0 Å². The van der Waals surface area contributed by atoms with Crippen molar-refractivity contribution >= 4 is 0 Å². The average molecular weight is 194 g/mol. The Labute approximate surface area is 84.0 Å². The minimum atomic E-state index is 0.507. The van der Waals surface area contributed by atoms with Crippen molar-refractivity contribution in [2.75, 3.05) is 13.2 Å². The topological polar surface area (TPSA) is 66.0 Å². The Kier molecular flexibility index (Phi) is 4.64. The SMILES string of the molecule is N#COC[C@H]1CC[C@H](COC#N)CC1. The summed E-state index contributed by atoms with van der Waals surface area (Å²) in [6.07, 6.45) is 7.67. The molecule has 0 spiro atoms. The smallest absolute Gasteiger partial charge is 0.286 e. The molecule has 0 aromatic heterocycles. The van der Waals surface area contributed by atoms with Crippen molar-refractivity contribution in [3.8, 4) is 12.5 Å². The van der Waals surface area contributed by atoms with E-state index in [1.165, 1.54) is 0 Å². The maximum atomic E-state index is 8.24. The normalized spacial score (nSPS) is 25.9. The van der Waals surface area contributed by atoms with Gasteiger partial charge < -0.3 is 9.47 Å². The van der Waals surface area contributed by atoms with Crippen molar-refractivity contribution in [1.82, 2.24) is 0 Å². The Bertz CT molecular complexity index is 207. The van der Waals surface area contributed by atoms with Crippen LogP contribution in [0.5, 0.6) is 0 Å². The Morgan fingerprint density at radius 1 is 0.857 bits per heavy atom. The molecule has 1 saturated carbocycles. The summed E-state index contributed by atoms with van der Waals surface area (Å²) in [6, 6.07) is 0. The van der Waals surface area contributed by atoms with E-state index in [9.17, 15) is 0 Å². The van der Waals surface area contributed by atoms with Gasteiger partial charge in [0.1, 0.15) is 13.2 Å². The first kappa shape index (κ1) is 10.7. The monoisotopic (exact) mass is 194 g/mol. The van der Waals surface area contributed by atoms with E-state index in [1.807, 2.05) is 0 Å². The summed E-state index contributed by atoms with van der Waals surface area (Å²) in [4.78, 5) is 0. The summed E-state index contributed by atoms with van der Waals surface area (Å²) in [5.74, 6) is 1.01. The van der Waals surface area contributed by atoms with Gasteiger partial charge in [-0.15, -0.1) is 0 Å². The second-order valence-corrected chi connectivity index (χ2v) is 3.69. The lowest BCUT2D eigenvalue weighted by Gasteiger charge is -2.26. The Morgan fingerprint density at radius 3 is 1.50 bits per heavy atom. The van der Waals surface area contributed by atoms with Crippen LogP contribution < -0.4 is 0 Å². The predicted octanol–water partition coefficient (Wildman–Crippen LogP) is 1.79. The zero-order valence-corrected chi connectivity index (χ0v) is 8.11. The number of nitriles is 2. The quantitative estimate of drug-likeness (QED) is 0.640. The third-order valence-corrected chi connectivity index (χ3v) is 2.73. The second kappa shape index (κ2) is 6.10. The van der Waals surface area contributed by atoms with Crippen molar-refractivity contribution in [2.24, 2.45) is 11.8 Å². The molecule has 0 radical (unpaired) electrons. The molecule has 1 rings (SSSR count). The van der Waals surface area contributed by atoms with Crippen molar-refractivity contribution in [3.05, 3.63) is 0 Å². The largest absolute Gasteiger partial charge is 0.427 e. The molecule has 1 aliphatic carbocycles. The molecule has 0 saturated heterocycles. The predicted molar refractivity (Wildman–Crippen MR) is 48.6 cm³/mol. The van der Waals surface area contributed by atoms with E-state index in [-0.39, 0.29) is 0 Å². The van der Waals surface area contributed by atoms with Crippen LogP contribution in [0.4, 0.5) is 0 Å². The van der Waals surface area contributed by atoms with E-state index in [0.29, 0.717) is 25.0 Å².